The third-order valence-electron chi connectivity index (χ3n) is 2.37. The number of halogens is 1. The average Bonchev–Trinajstić information content (AvgIpc) is 2.40. The van der Waals surface area contributed by atoms with Crippen LogP contribution in [0.15, 0.2) is 18.2 Å². The van der Waals surface area contributed by atoms with Crippen molar-refractivity contribution in [1.29, 1.82) is 5.26 Å². The van der Waals surface area contributed by atoms with Gasteiger partial charge in [0.2, 0.25) is 0 Å². The molecule has 106 valence electrons. The summed E-state index contributed by atoms with van der Waals surface area (Å²) in [5.74, 6) is -2.01. The van der Waals surface area contributed by atoms with Crippen LogP contribution >= 0.6 is 0 Å². The summed E-state index contributed by atoms with van der Waals surface area (Å²) in [5, 5.41) is 30.5. The van der Waals surface area contributed by atoms with Crippen LogP contribution in [-0.2, 0) is 4.79 Å². The summed E-state index contributed by atoms with van der Waals surface area (Å²) in [7, 11) is 0. The number of urea groups is 1. The van der Waals surface area contributed by atoms with Gasteiger partial charge in [0.05, 0.1) is 5.56 Å². The van der Waals surface area contributed by atoms with Crippen molar-refractivity contribution in [2.75, 3.05) is 11.9 Å². The highest BCUT2D eigenvalue weighted by Gasteiger charge is 2.19. The van der Waals surface area contributed by atoms with Crippen LogP contribution < -0.4 is 10.6 Å². The van der Waals surface area contributed by atoms with Crippen molar-refractivity contribution in [2.45, 2.75) is 12.5 Å². The van der Waals surface area contributed by atoms with Crippen LogP contribution in [0.4, 0.5) is 14.9 Å². The van der Waals surface area contributed by atoms with Crippen LogP contribution in [0.2, 0.25) is 0 Å². The molecule has 2 amide bonds. The van der Waals surface area contributed by atoms with Gasteiger partial charge < -0.3 is 20.8 Å². The van der Waals surface area contributed by atoms with Crippen LogP contribution in [0.3, 0.4) is 0 Å². The topological polar surface area (TPSA) is 122 Å². The highest BCUT2D eigenvalue weighted by Crippen LogP contribution is 2.13. The summed E-state index contributed by atoms with van der Waals surface area (Å²) >= 11 is 0. The largest absolute Gasteiger partial charge is 0.480 e. The molecule has 0 spiro atoms. The van der Waals surface area contributed by atoms with E-state index in [1.54, 1.807) is 6.07 Å². The Hall–Kier alpha value is -2.66. The Bertz CT molecular complexity index is 556. The number of nitrogens with zero attached hydrogens (tertiary/aromatic N) is 1. The Balaban J connectivity index is 2.71. The first-order valence-corrected chi connectivity index (χ1v) is 5.58. The maximum absolute atomic E-state index is 13.1. The van der Waals surface area contributed by atoms with Crippen molar-refractivity contribution < 1.29 is 24.2 Å². The molecule has 1 aromatic rings. The highest BCUT2D eigenvalue weighted by atomic mass is 19.1. The van der Waals surface area contributed by atoms with Gasteiger partial charge in [0, 0.05) is 18.7 Å². The Kier molecular flexibility index (Phi) is 5.43. The molecule has 0 aliphatic heterocycles. The number of aliphatic carboxylic acids is 1. The number of carboxylic acids is 1. The van der Waals surface area contributed by atoms with Gasteiger partial charge in [-0.25, -0.2) is 14.0 Å². The van der Waals surface area contributed by atoms with E-state index in [4.69, 9.17) is 15.5 Å². The summed E-state index contributed by atoms with van der Waals surface area (Å²) in [6.07, 6.45) is -0.143. The van der Waals surface area contributed by atoms with Crippen molar-refractivity contribution in [2.24, 2.45) is 0 Å². The average molecular weight is 281 g/mol. The van der Waals surface area contributed by atoms with Crippen LogP contribution in [0.1, 0.15) is 12.0 Å². The molecule has 7 nitrogen and oxygen atoms in total. The number of carbonyl (C=O) groups excluding carboxylic acids is 1. The normalized spacial score (nSPS) is 11.2. The molecule has 1 atom stereocenters. The van der Waals surface area contributed by atoms with Gasteiger partial charge >= 0.3 is 12.0 Å². The predicted octanol–water partition coefficient (Wildman–Crippen LogP) is 0.654. The highest BCUT2D eigenvalue weighted by molar-refractivity contribution is 5.92. The van der Waals surface area contributed by atoms with Gasteiger partial charge in [-0.05, 0) is 18.2 Å². The summed E-state index contributed by atoms with van der Waals surface area (Å²) < 4.78 is 13.1. The minimum absolute atomic E-state index is 0.143. The van der Waals surface area contributed by atoms with E-state index >= 15 is 0 Å². The maximum Gasteiger partial charge on any atom is 0.326 e. The molecule has 0 unspecified atom stereocenters. The zero-order valence-electron chi connectivity index (χ0n) is 10.3. The molecule has 0 fully saturated rings. The summed E-state index contributed by atoms with van der Waals surface area (Å²) in [6.45, 7) is -0.396. The third-order valence-corrected chi connectivity index (χ3v) is 2.37. The lowest BCUT2D eigenvalue weighted by molar-refractivity contribution is -0.139. The second kappa shape index (κ2) is 7.06. The summed E-state index contributed by atoms with van der Waals surface area (Å²) in [4.78, 5) is 22.3. The van der Waals surface area contributed by atoms with Crippen LogP contribution in [0.5, 0.6) is 0 Å². The zero-order chi connectivity index (χ0) is 15.1. The van der Waals surface area contributed by atoms with Gasteiger partial charge in [-0.3, -0.25) is 0 Å². The molecule has 4 N–H and O–H groups in total. The number of amides is 2. The standard InChI is InChI=1S/C12H12FN3O4/c13-9-2-1-8(5-7(9)6-14)15-12(20)16-10(3-4-17)11(18)19/h1-2,5,10,17H,3-4H2,(H,18,19)(H2,15,16,20)/t10-/m0/s1. The Morgan fingerprint density at radius 1 is 1.45 bits per heavy atom. The molecule has 0 saturated heterocycles. The Morgan fingerprint density at radius 2 is 2.15 bits per heavy atom. The number of carboxylic acid groups (broad SMARTS) is 1. The number of nitriles is 1. The monoisotopic (exact) mass is 281 g/mol. The number of hydrogen-bond donors (Lipinski definition) is 4. The number of anilines is 1. The van der Waals surface area contributed by atoms with E-state index in [2.05, 4.69) is 10.6 Å². The van der Waals surface area contributed by atoms with Gasteiger partial charge in [0.25, 0.3) is 0 Å². The minimum atomic E-state index is -1.29. The van der Waals surface area contributed by atoms with Crippen LogP contribution in [0, 0.1) is 17.1 Å². The second-order valence-electron chi connectivity index (χ2n) is 3.81. The Morgan fingerprint density at radius 3 is 2.70 bits per heavy atom. The van der Waals surface area contributed by atoms with E-state index in [0.29, 0.717) is 0 Å². The second-order valence-corrected chi connectivity index (χ2v) is 3.81. The quantitative estimate of drug-likeness (QED) is 0.631. The van der Waals surface area contributed by atoms with E-state index in [0.717, 1.165) is 12.1 Å². The number of aliphatic hydroxyl groups is 1. The molecule has 0 bridgehead atoms. The van der Waals surface area contributed by atoms with E-state index in [1.807, 2.05) is 0 Å². The maximum atomic E-state index is 13.1. The van der Waals surface area contributed by atoms with E-state index < -0.39 is 30.5 Å². The molecule has 20 heavy (non-hydrogen) atoms. The van der Waals surface area contributed by atoms with E-state index in [1.165, 1.54) is 6.07 Å². The molecular weight excluding hydrogens is 269 g/mol. The molecule has 0 aliphatic rings. The van der Waals surface area contributed by atoms with Crippen LogP contribution in [-0.4, -0.2) is 34.9 Å². The molecule has 0 saturated carbocycles. The fraction of sp³-hybridized carbons (Fsp3) is 0.250. The number of aliphatic hydroxyl groups excluding tert-OH is 1. The fourth-order valence-corrected chi connectivity index (χ4v) is 1.40. The van der Waals surface area contributed by atoms with Gasteiger partial charge in [0.15, 0.2) is 0 Å². The molecule has 0 radical (unpaired) electrons. The van der Waals surface area contributed by atoms with Gasteiger partial charge in [-0.15, -0.1) is 0 Å². The first kappa shape index (κ1) is 15.4. The molecule has 1 aromatic carbocycles. The predicted molar refractivity (Wildman–Crippen MR) is 66.4 cm³/mol. The molecule has 0 aromatic heterocycles. The smallest absolute Gasteiger partial charge is 0.326 e. The van der Waals surface area contributed by atoms with E-state index in [-0.39, 0.29) is 17.7 Å². The molecule has 0 heterocycles. The van der Waals surface area contributed by atoms with Gasteiger partial charge in [-0.1, -0.05) is 0 Å². The number of carbonyl (C=O) groups is 2. The number of benzene rings is 1. The number of hydrogen-bond acceptors (Lipinski definition) is 4. The summed E-state index contributed by atoms with van der Waals surface area (Å²) in [5.41, 5.74) is -0.0958. The minimum Gasteiger partial charge on any atom is -0.480 e. The first-order valence-electron chi connectivity index (χ1n) is 5.58. The van der Waals surface area contributed by atoms with Crippen molar-refractivity contribution >= 4 is 17.7 Å². The fourth-order valence-electron chi connectivity index (χ4n) is 1.40. The number of nitrogens with one attached hydrogen (secondary N) is 2. The van der Waals surface area contributed by atoms with E-state index in [9.17, 15) is 14.0 Å². The molecule has 8 heteroatoms. The van der Waals surface area contributed by atoms with Gasteiger partial charge in [-0.2, -0.15) is 5.26 Å². The van der Waals surface area contributed by atoms with Crippen molar-refractivity contribution in [1.82, 2.24) is 5.32 Å². The SMILES string of the molecule is N#Cc1cc(NC(=O)N[C@@H](CCO)C(=O)O)ccc1F. The third kappa shape index (κ3) is 4.22. The number of rotatable bonds is 5. The molecule has 1 rings (SSSR count). The lowest BCUT2D eigenvalue weighted by Gasteiger charge is -2.14. The van der Waals surface area contributed by atoms with Crippen molar-refractivity contribution in [3.63, 3.8) is 0 Å². The Labute approximate surface area is 113 Å². The lowest BCUT2D eigenvalue weighted by Crippen LogP contribution is -2.43. The molecule has 0 aliphatic carbocycles. The van der Waals surface area contributed by atoms with Crippen molar-refractivity contribution in [3.8, 4) is 6.07 Å². The van der Waals surface area contributed by atoms with Gasteiger partial charge in [0.1, 0.15) is 17.9 Å². The zero-order valence-corrected chi connectivity index (χ0v) is 10.3. The molecular formula is C12H12FN3O4. The first-order chi connectivity index (χ1) is 9.47. The van der Waals surface area contributed by atoms with Crippen LogP contribution in [0.25, 0.3) is 0 Å². The van der Waals surface area contributed by atoms with Crippen molar-refractivity contribution in [3.05, 3.63) is 29.6 Å². The summed E-state index contributed by atoms with van der Waals surface area (Å²) in [6, 6.07) is 2.91. The lowest BCUT2D eigenvalue weighted by atomic mass is 10.2.